The van der Waals surface area contributed by atoms with Gasteiger partial charge in [-0.2, -0.15) is 13.5 Å². The van der Waals surface area contributed by atoms with Gasteiger partial charge in [-0.15, -0.1) is 5.59 Å². The van der Waals surface area contributed by atoms with Gasteiger partial charge in [0.25, 0.3) is 0 Å². The number of rotatable bonds is 0. The smallest absolute Gasteiger partial charge is 0.143 e. The van der Waals surface area contributed by atoms with Gasteiger partial charge in [-0.1, -0.05) is 0 Å². The monoisotopic (exact) mass is 82.0 g/mol. The van der Waals surface area contributed by atoms with E-state index in [1.165, 1.54) is 5.59 Å². The Labute approximate surface area is 31.2 Å². The van der Waals surface area contributed by atoms with Crippen molar-refractivity contribution in [3.05, 3.63) is 0 Å². The Kier molecular flexibility index (Phi) is 23.6. The highest BCUT2D eigenvalue weighted by molar-refractivity contribution is 7.59. The lowest BCUT2D eigenvalue weighted by atomic mass is 12.8. The molecule has 0 heterocycles. The van der Waals surface area contributed by atoms with Crippen LogP contribution in [0.5, 0.6) is 0 Å². The predicted molar refractivity (Wildman–Crippen MR) is 19.5 cm³/mol. The van der Waals surface area contributed by atoms with E-state index in [9.17, 15) is 0 Å². The number of nitrogens with two attached hydrogens (primary N) is 1. The summed E-state index contributed by atoms with van der Waals surface area (Å²) in [5.41, 5.74) is 1.25. The third kappa shape index (κ3) is 63.8. The maximum atomic E-state index is 7.10. The molecule has 0 aliphatic rings. The summed E-state index contributed by atoms with van der Waals surface area (Å²) in [5.74, 6) is 4.15. The minimum atomic E-state index is 0. The topological polar surface area (TPSA) is 58.3 Å². The average Bonchev–Trinajstić information content (AvgIpc) is 0.918. The van der Waals surface area contributed by atoms with E-state index in [0.29, 0.717) is 0 Å². The lowest BCUT2D eigenvalue weighted by molar-refractivity contribution is 0.169. The summed E-state index contributed by atoms with van der Waals surface area (Å²) in [7, 11) is 0. The molecule has 0 aromatic heterocycles. The van der Waals surface area contributed by atoms with Crippen molar-refractivity contribution in [3.8, 4) is 0 Å². The average molecular weight is 82.1 g/mol. The van der Waals surface area contributed by atoms with Crippen LogP contribution in [0.2, 0.25) is 0 Å². The molecule has 0 fully saturated rings. The Morgan fingerprint density at radius 2 is 1.75 bits per heavy atom. The number of hydrogen-bond donors (Lipinski definition) is 3. The Hall–Kier alpha value is 0.230. The van der Waals surface area contributed by atoms with E-state index in [1.807, 2.05) is 0 Å². The molecule has 4 heavy (non-hydrogen) atoms. The van der Waals surface area contributed by atoms with E-state index in [-0.39, 0.29) is 13.5 Å². The van der Waals surface area contributed by atoms with Crippen molar-refractivity contribution >= 4 is 13.5 Å². The van der Waals surface area contributed by atoms with Crippen LogP contribution in [-0.2, 0) is 0 Å². The lowest BCUT2D eigenvalue weighted by Crippen LogP contribution is -2.14. The van der Waals surface area contributed by atoms with Crippen LogP contribution < -0.4 is 11.4 Å². The van der Waals surface area contributed by atoms with E-state index in [1.54, 1.807) is 0 Å². The first-order chi connectivity index (χ1) is 1.41. The van der Waals surface area contributed by atoms with E-state index in [0.717, 1.165) is 0 Å². The summed E-state index contributed by atoms with van der Waals surface area (Å²) in [6.07, 6.45) is 0. The van der Waals surface area contributed by atoms with Gasteiger partial charge in [0.15, 0.2) is 0 Å². The van der Waals surface area contributed by atoms with Crippen molar-refractivity contribution in [1.29, 1.82) is 0 Å². The van der Waals surface area contributed by atoms with E-state index < -0.39 is 0 Å². The molecule has 0 aromatic rings. The van der Waals surface area contributed by atoms with Crippen LogP contribution >= 0.6 is 13.5 Å². The van der Waals surface area contributed by atoms with Gasteiger partial charge in [-0.25, -0.2) is 5.84 Å². The largest absolute Gasteiger partial charge is 0.302 e. The molecule has 0 amide bonds. The van der Waals surface area contributed by atoms with Crippen LogP contribution in [0.4, 0.5) is 0 Å². The van der Waals surface area contributed by atoms with Crippen molar-refractivity contribution in [1.82, 2.24) is 5.59 Å². The van der Waals surface area contributed by atoms with Gasteiger partial charge in [-0.05, 0) is 0 Å². The van der Waals surface area contributed by atoms with Crippen molar-refractivity contribution < 1.29 is 5.21 Å². The molecule has 3 nitrogen and oxygen atoms in total. The minimum absolute atomic E-state index is 0. The van der Waals surface area contributed by atoms with Crippen molar-refractivity contribution in [2.75, 3.05) is 0 Å². The standard InChI is InChI=1S/H4N2O.H2S/c1-2-3;/h2-3H,1H2;1H2. The molecular weight excluding hydrogens is 76.1 g/mol. The summed E-state index contributed by atoms with van der Waals surface area (Å²) >= 11 is 0. The van der Waals surface area contributed by atoms with Crippen molar-refractivity contribution in [2.45, 2.75) is 0 Å². The van der Waals surface area contributed by atoms with Crippen molar-refractivity contribution in [3.63, 3.8) is 0 Å². The summed E-state index contributed by atoms with van der Waals surface area (Å²) in [6, 6.07) is 0. The molecule has 4 heteroatoms. The number of hydrogen-bond acceptors (Lipinski definition) is 3. The molecule has 0 rings (SSSR count). The van der Waals surface area contributed by atoms with Crippen LogP contribution in [0.15, 0.2) is 0 Å². The Balaban J connectivity index is 0. The van der Waals surface area contributed by atoms with Gasteiger partial charge < -0.3 is 5.21 Å². The SMILES string of the molecule is NNO.S. The van der Waals surface area contributed by atoms with Gasteiger partial charge in [0.2, 0.25) is 0 Å². The van der Waals surface area contributed by atoms with Crippen LogP contribution in [-0.4, -0.2) is 5.21 Å². The summed E-state index contributed by atoms with van der Waals surface area (Å²) in [5, 5.41) is 7.10. The second-order valence-corrected chi connectivity index (χ2v) is 0.129. The van der Waals surface area contributed by atoms with Crippen LogP contribution in [0, 0.1) is 0 Å². The van der Waals surface area contributed by atoms with Crippen molar-refractivity contribution in [2.24, 2.45) is 5.84 Å². The van der Waals surface area contributed by atoms with Gasteiger partial charge >= 0.3 is 0 Å². The fraction of sp³-hybridized carbons (Fsp3) is 0. The Bertz CT molecular complexity index is 6.00. The van der Waals surface area contributed by atoms with Crippen LogP contribution in [0.25, 0.3) is 0 Å². The molecule has 0 radical (unpaired) electrons. The second kappa shape index (κ2) is 10.6. The van der Waals surface area contributed by atoms with Crippen LogP contribution in [0.1, 0.15) is 0 Å². The molecule has 4 N–H and O–H groups in total. The molecule has 0 spiro atoms. The molecule has 28 valence electrons. The third-order valence-electron chi connectivity index (χ3n) is 0. The zero-order chi connectivity index (χ0) is 2.71. The minimum Gasteiger partial charge on any atom is -0.302 e. The van der Waals surface area contributed by atoms with Gasteiger partial charge in [0.05, 0.1) is 0 Å². The second-order valence-electron chi connectivity index (χ2n) is 0.129. The summed E-state index contributed by atoms with van der Waals surface area (Å²) in [6.45, 7) is 0. The first-order valence-corrected chi connectivity index (χ1v) is 0.512. The maximum Gasteiger partial charge on any atom is -0.143 e. The Morgan fingerprint density at radius 3 is 1.75 bits per heavy atom. The summed E-state index contributed by atoms with van der Waals surface area (Å²) in [4.78, 5) is 0. The summed E-state index contributed by atoms with van der Waals surface area (Å²) < 4.78 is 0. The van der Waals surface area contributed by atoms with E-state index in [4.69, 9.17) is 5.21 Å². The first kappa shape index (κ1) is 8.87. The molecule has 0 atom stereocenters. The molecule has 0 saturated carbocycles. The molecule has 0 bridgehead atoms. The normalized spacial score (nSPS) is 4.50. The fourth-order valence-electron chi connectivity index (χ4n) is 0. The Morgan fingerprint density at radius 1 is 1.75 bits per heavy atom. The highest BCUT2D eigenvalue weighted by Crippen LogP contribution is 0.781. The number of nitrogens with one attached hydrogen (secondary N) is 1. The highest BCUT2D eigenvalue weighted by atomic mass is 32.1. The lowest BCUT2D eigenvalue weighted by Gasteiger charge is -1.62. The van der Waals surface area contributed by atoms with Gasteiger partial charge in [0, 0.05) is 0 Å². The van der Waals surface area contributed by atoms with Gasteiger partial charge in [-0.3, -0.25) is 0 Å². The highest BCUT2D eigenvalue weighted by Gasteiger charge is 1.21. The predicted octanol–water partition coefficient (Wildman–Crippen LogP) is -1.05. The quantitative estimate of drug-likeness (QED) is 0.258. The maximum absolute atomic E-state index is 7.10. The van der Waals surface area contributed by atoms with E-state index >= 15 is 0 Å². The third-order valence-corrected chi connectivity index (χ3v) is 0. The zero-order valence-electron chi connectivity index (χ0n) is 2.02. The molecule has 0 unspecified atom stereocenters. The number of hydrazine groups is 1. The van der Waals surface area contributed by atoms with Gasteiger partial charge in [0.1, 0.15) is 0 Å². The zero-order valence-corrected chi connectivity index (χ0v) is 3.02. The van der Waals surface area contributed by atoms with Crippen LogP contribution in [0.3, 0.4) is 0 Å². The molecule has 0 saturated heterocycles. The molecule has 0 aliphatic carbocycles. The van der Waals surface area contributed by atoms with E-state index in [2.05, 4.69) is 5.84 Å². The molecule has 0 aliphatic heterocycles. The molecular formula is H6N2OS. The first-order valence-electron chi connectivity index (χ1n) is 0.512. The molecule has 0 aromatic carbocycles. The fourth-order valence-corrected chi connectivity index (χ4v) is 0.